The lowest BCUT2D eigenvalue weighted by molar-refractivity contribution is -0.176. The Morgan fingerprint density at radius 2 is 1.73 bits per heavy atom. The smallest absolute Gasteiger partial charge is 0.342 e. The zero-order valence-electron chi connectivity index (χ0n) is 24.3. The topological polar surface area (TPSA) is 209 Å². The Hall–Kier alpha value is -4.54. The van der Waals surface area contributed by atoms with E-state index in [1.54, 1.807) is 48.5 Å². The van der Waals surface area contributed by atoms with Crippen molar-refractivity contribution in [3.8, 4) is 11.5 Å². The molecule has 45 heavy (non-hydrogen) atoms. The molecular weight excluding hydrogens is 612 g/mol. The molecule has 3 amide bonds. The summed E-state index contributed by atoms with van der Waals surface area (Å²) < 4.78 is 36.9. The third kappa shape index (κ3) is 8.77. The quantitative estimate of drug-likeness (QED) is 0.232. The van der Waals surface area contributed by atoms with Crippen LogP contribution < -0.4 is 14.8 Å². The molecule has 2 aliphatic rings. The second-order valence-electron chi connectivity index (χ2n) is 10.6. The lowest BCUT2D eigenvalue weighted by atomic mass is 10.0. The minimum Gasteiger partial charge on any atom is -0.481 e. The second-order valence-corrected chi connectivity index (χ2v) is 12.4. The number of carboxylic acids is 1. The van der Waals surface area contributed by atoms with E-state index in [0.29, 0.717) is 12.2 Å². The lowest BCUT2D eigenvalue weighted by Crippen LogP contribution is -2.64. The Bertz CT molecular complexity index is 1540. The van der Waals surface area contributed by atoms with E-state index < -0.39 is 76.9 Å². The van der Waals surface area contributed by atoms with Crippen LogP contribution in [0.3, 0.4) is 0 Å². The van der Waals surface area contributed by atoms with E-state index in [-0.39, 0.29) is 37.1 Å². The van der Waals surface area contributed by atoms with Gasteiger partial charge in [0.25, 0.3) is 5.91 Å². The number of benzene rings is 2. The number of carbonyl (C=O) groups is 5. The first kappa shape index (κ1) is 33.4. The first-order valence-electron chi connectivity index (χ1n) is 14.1. The maximum atomic E-state index is 13.5. The van der Waals surface area contributed by atoms with Crippen LogP contribution in [0.25, 0.3) is 0 Å². The highest BCUT2D eigenvalue weighted by Crippen LogP contribution is 2.27. The number of nitrogens with one attached hydrogen (secondary N) is 2. The van der Waals surface area contributed by atoms with Crippen molar-refractivity contribution < 1.29 is 52.1 Å². The van der Waals surface area contributed by atoms with Crippen LogP contribution in [-0.4, -0.2) is 102 Å². The molecular formula is C29H34N4O11S. The zero-order chi connectivity index (χ0) is 32.7. The van der Waals surface area contributed by atoms with Gasteiger partial charge >= 0.3 is 11.9 Å². The van der Waals surface area contributed by atoms with Crippen LogP contribution in [0.5, 0.6) is 11.5 Å². The summed E-state index contributed by atoms with van der Waals surface area (Å²) in [4.78, 5) is 64.2. The molecule has 0 radical (unpaired) electrons. The van der Waals surface area contributed by atoms with Crippen molar-refractivity contribution in [1.82, 2.24) is 20.1 Å². The highest BCUT2D eigenvalue weighted by Gasteiger charge is 2.45. The van der Waals surface area contributed by atoms with Gasteiger partial charge in [-0.05, 0) is 43.5 Å². The standard InChI is InChI=1S/C29H34N4O11S/c1-45(41,42)31-20-13-14-25(35)32-15-7-11-22(33(32)28(20)39)27(38)30-21(16-26(36)37)23(34)17-43-29(40)19-10-5-6-12-24(19)44-18-8-3-2-4-9-18/h2-6,8-10,12,20-23,31,34H,7,11,13-17H2,1H3,(H,30,38)(H,36,37). The van der Waals surface area contributed by atoms with Crippen molar-refractivity contribution in [2.45, 2.75) is 56.3 Å². The van der Waals surface area contributed by atoms with Gasteiger partial charge in [-0.3, -0.25) is 24.2 Å². The summed E-state index contributed by atoms with van der Waals surface area (Å²) in [6.07, 6.45) is -1.43. The highest BCUT2D eigenvalue weighted by molar-refractivity contribution is 7.88. The van der Waals surface area contributed by atoms with Crippen LogP contribution in [-0.2, 0) is 33.9 Å². The van der Waals surface area contributed by atoms with Crippen molar-refractivity contribution in [2.24, 2.45) is 0 Å². The number of rotatable bonds is 12. The van der Waals surface area contributed by atoms with Gasteiger partial charge in [0.2, 0.25) is 21.8 Å². The number of carbonyl (C=O) groups excluding carboxylic acids is 4. The number of hydrogen-bond donors (Lipinski definition) is 4. The fourth-order valence-corrected chi connectivity index (χ4v) is 5.82. The summed E-state index contributed by atoms with van der Waals surface area (Å²) >= 11 is 0. The van der Waals surface area contributed by atoms with Crippen molar-refractivity contribution in [1.29, 1.82) is 0 Å². The largest absolute Gasteiger partial charge is 0.481 e. The van der Waals surface area contributed by atoms with Crippen LogP contribution in [0.2, 0.25) is 0 Å². The Kier molecular flexibility index (Phi) is 10.7. The number of aliphatic hydroxyl groups excluding tert-OH is 1. The van der Waals surface area contributed by atoms with Gasteiger partial charge in [-0.15, -0.1) is 0 Å². The number of aliphatic hydroxyl groups is 1. The SMILES string of the molecule is CS(=O)(=O)NC1CCC(=O)N2CCCC(C(=O)NC(CC(=O)O)C(O)COC(=O)c3ccccc3Oc3ccccc3)N2C1=O. The van der Waals surface area contributed by atoms with Gasteiger partial charge in [0.15, 0.2) is 0 Å². The summed E-state index contributed by atoms with van der Waals surface area (Å²) in [5.74, 6) is -3.78. The number of nitrogens with zero attached hydrogens (tertiary/aromatic N) is 2. The molecule has 4 N–H and O–H groups in total. The van der Waals surface area contributed by atoms with Gasteiger partial charge in [0.05, 0.1) is 18.7 Å². The van der Waals surface area contributed by atoms with E-state index in [2.05, 4.69) is 10.0 Å². The van der Waals surface area contributed by atoms with Crippen molar-refractivity contribution in [3.63, 3.8) is 0 Å². The van der Waals surface area contributed by atoms with E-state index >= 15 is 0 Å². The number of amides is 3. The van der Waals surface area contributed by atoms with Crippen molar-refractivity contribution >= 4 is 39.7 Å². The molecule has 16 heteroatoms. The van der Waals surface area contributed by atoms with Crippen LogP contribution in [0, 0.1) is 0 Å². The Balaban J connectivity index is 1.46. The number of aliphatic carboxylic acids is 1. The Labute approximate surface area is 259 Å². The van der Waals surface area contributed by atoms with Crippen molar-refractivity contribution in [2.75, 3.05) is 19.4 Å². The molecule has 2 aliphatic heterocycles. The Morgan fingerprint density at radius 1 is 1.04 bits per heavy atom. The molecule has 2 aromatic carbocycles. The fourth-order valence-electron chi connectivity index (χ4n) is 5.09. The maximum absolute atomic E-state index is 13.5. The number of hydrazine groups is 1. The average Bonchev–Trinajstić information content (AvgIpc) is 3.11. The first-order chi connectivity index (χ1) is 21.3. The van der Waals surface area contributed by atoms with Gasteiger partial charge in [-0.25, -0.2) is 22.9 Å². The molecule has 4 atom stereocenters. The summed E-state index contributed by atoms with van der Waals surface area (Å²) in [7, 11) is -3.84. The molecule has 0 bridgehead atoms. The van der Waals surface area contributed by atoms with Crippen molar-refractivity contribution in [3.05, 3.63) is 60.2 Å². The van der Waals surface area contributed by atoms with Crippen LogP contribution in [0.4, 0.5) is 0 Å². The normalized spacial score (nSPS) is 20.0. The number of carboxylic acid groups (broad SMARTS) is 1. The molecule has 2 aromatic rings. The monoisotopic (exact) mass is 646 g/mol. The number of esters is 1. The predicted molar refractivity (Wildman–Crippen MR) is 156 cm³/mol. The number of hydrogen-bond acceptors (Lipinski definition) is 10. The number of fused-ring (bicyclic) bond motifs is 1. The number of sulfonamides is 1. The summed E-state index contributed by atoms with van der Waals surface area (Å²) in [6.45, 7) is -0.582. The molecule has 2 saturated heterocycles. The van der Waals surface area contributed by atoms with E-state index in [9.17, 15) is 42.6 Å². The van der Waals surface area contributed by atoms with Crippen LogP contribution in [0.15, 0.2) is 54.6 Å². The van der Waals surface area contributed by atoms with Crippen LogP contribution in [0.1, 0.15) is 42.5 Å². The van der Waals surface area contributed by atoms with Gasteiger partial charge in [0.1, 0.15) is 41.9 Å². The molecule has 15 nitrogen and oxygen atoms in total. The lowest BCUT2D eigenvalue weighted by Gasteiger charge is -2.43. The van der Waals surface area contributed by atoms with Crippen LogP contribution >= 0.6 is 0 Å². The molecule has 2 fully saturated rings. The van der Waals surface area contributed by atoms with E-state index in [1.807, 2.05) is 0 Å². The average molecular weight is 647 g/mol. The van der Waals surface area contributed by atoms with Gasteiger partial charge in [-0.1, -0.05) is 30.3 Å². The molecule has 242 valence electrons. The van der Waals surface area contributed by atoms with E-state index in [0.717, 1.165) is 16.3 Å². The van der Waals surface area contributed by atoms with Gasteiger partial charge < -0.3 is 25.0 Å². The molecule has 4 unspecified atom stereocenters. The molecule has 0 aliphatic carbocycles. The molecule has 0 spiro atoms. The zero-order valence-corrected chi connectivity index (χ0v) is 25.1. The molecule has 4 rings (SSSR count). The van der Waals surface area contributed by atoms with Gasteiger partial charge in [-0.2, -0.15) is 0 Å². The molecule has 0 saturated carbocycles. The predicted octanol–water partition coefficient (Wildman–Crippen LogP) is 0.402. The van der Waals surface area contributed by atoms with E-state index in [1.165, 1.54) is 6.07 Å². The third-order valence-electron chi connectivity index (χ3n) is 7.17. The summed E-state index contributed by atoms with van der Waals surface area (Å²) in [5.41, 5.74) is 0.0382. The molecule has 0 aromatic heterocycles. The third-order valence-corrected chi connectivity index (χ3v) is 7.88. The summed E-state index contributed by atoms with van der Waals surface area (Å²) in [6, 6.07) is 10.8. The number of para-hydroxylation sites is 2. The molecule has 2 heterocycles. The number of ether oxygens (including phenoxy) is 2. The first-order valence-corrected chi connectivity index (χ1v) is 16.0. The maximum Gasteiger partial charge on any atom is 0.342 e. The summed E-state index contributed by atoms with van der Waals surface area (Å²) in [5, 5.41) is 24.7. The highest BCUT2D eigenvalue weighted by atomic mass is 32.2. The fraction of sp³-hybridized carbons (Fsp3) is 0.414. The second kappa shape index (κ2) is 14.5. The minimum absolute atomic E-state index is 0.0382. The minimum atomic E-state index is -3.84. The Morgan fingerprint density at radius 3 is 2.42 bits per heavy atom. The van der Waals surface area contributed by atoms with E-state index in [4.69, 9.17) is 9.47 Å². The van der Waals surface area contributed by atoms with Gasteiger partial charge in [0, 0.05) is 13.0 Å².